The smallest absolute Gasteiger partial charge is 0.101 e. The predicted molar refractivity (Wildman–Crippen MR) is 44.4 cm³/mol. The first-order valence-corrected chi connectivity index (χ1v) is 4.49. The Kier molecular flexibility index (Phi) is 2.28. The highest BCUT2D eigenvalue weighted by molar-refractivity contribution is 9.12. The van der Waals surface area contributed by atoms with Crippen LogP contribution in [0.25, 0.3) is 0 Å². The number of nitrogens with zero attached hydrogens (tertiary/aromatic N) is 1. The second-order valence-electron chi connectivity index (χ2n) is 1.35. The molecule has 1 nitrogen and oxygen atoms in total. The normalized spacial score (nSPS) is 9.00. The molecule has 0 unspecified atom stereocenters. The van der Waals surface area contributed by atoms with E-state index in [1.54, 1.807) is 6.07 Å². The lowest BCUT2D eigenvalue weighted by molar-refractivity contribution is 1.50. The summed E-state index contributed by atoms with van der Waals surface area (Å²) >= 11 is 8.01. The second kappa shape index (κ2) is 2.82. The molecule has 1 heterocycles. The van der Waals surface area contributed by atoms with E-state index in [1.165, 1.54) is 11.3 Å². The lowest BCUT2D eigenvalue weighted by atomic mass is 10.4. The molecule has 0 aliphatic carbocycles. The van der Waals surface area contributed by atoms with Gasteiger partial charge in [-0.25, -0.2) is 0 Å². The summed E-state index contributed by atoms with van der Waals surface area (Å²) in [5, 5.41) is 8.44. The van der Waals surface area contributed by atoms with Crippen molar-refractivity contribution in [3.63, 3.8) is 0 Å². The molecule has 46 valence electrons. The highest BCUT2D eigenvalue weighted by atomic mass is 79.9. The molecular weight excluding hydrogens is 266 g/mol. The Morgan fingerprint density at radius 3 is 2.44 bits per heavy atom. The summed E-state index contributed by atoms with van der Waals surface area (Å²) in [4.78, 5) is 0. The van der Waals surface area contributed by atoms with E-state index in [4.69, 9.17) is 5.26 Å². The van der Waals surface area contributed by atoms with Gasteiger partial charge in [-0.2, -0.15) is 5.26 Å². The zero-order valence-corrected chi connectivity index (χ0v) is 8.18. The molecule has 1 rings (SSSR count). The number of halogens is 2. The number of hydrogen-bond acceptors (Lipinski definition) is 2. The van der Waals surface area contributed by atoms with Crippen molar-refractivity contribution in [3.05, 3.63) is 19.2 Å². The lowest BCUT2D eigenvalue weighted by Crippen LogP contribution is -1.60. The van der Waals surface area contributed by atoms with Gasteiger partial charge in [0.1, 0.15) is 6.07 Å². The average Bonchev–Trinajstić information content (AvgIpc) is 2.10. The van der Waals surface area contributed by atoms with Gasteiger partial charge in [0.15, 0.2) is 0 Å². The van der Waals surface area contributed by atoms with Gasteiger partial charge in [-0.05, 0) is 37.9 Å². The van der Waals surface area contributed by atoms with Crippen molar-refractivity contribution in [1.82, 2.24) is 0 Å². The van der Waals surface area contributed by atoms with Gasteiger partial charge in [-0.1, -0.05) is 0 Å². The van der Waals surface area contributed by atoms with E-state index < -0.39 is 0 Å². The van der Waals surface area contributed by atoms with Crippen LogP contribution in [-0.2, 0) is 0 Å². The number of thiophene rings is 1. The van der Waals surface area contributed by atoms with Gasteiger partial charge in [0.25, 0.3) is 0 Å². The summed E-state index contributed by atoms with van der Waals surface area (Å²) in [5.74, 6) is 0. The first kappa shape index (κ1) is 7.26. The molecule has 1 aromatic heterocycles. The Bertz CT molecular complexity index is 260. The summed E-state index contributed by atoms with van der Waals surface area (Å²) in [5.41, 5.74) is 0.687. The molecule has 4 heteroatoms. The Balaban J connectivity index is 3.20. The summed E-state index contributed by atoms with van der Waals surface area (Å²) in [7, 11) is 0. The second-order valence-corrected chi connectivity index (χ2v) is 5.10. The van der Waals surface area contributed by atoms with Crippen molar-refractivity contribution in [2.75, 3.05) is 0 Å². The molecule has 0 amide bonds. The molecule has 0 radical (unpaired) electrons. The standard InChI is InChI=1S/C5HBr2NS/c6-4-1-3(2-8)5(7)9-4/h1H. The maximum Gasteiger partial charge on any atom is 0.101 e. The Morgan fingerprint density at radius 1 is 1.56 bits per heavy atom. The lowest BCUT2D eigenvalue weighted by Gasteiger charge is -1.74. The Hall–Kier alpha value is 0.150. The van der Waals surface area contributed by atoms with Crippen molar-refractivity contribution in [2.24, 2.45) is 0 Å². The third-order valence-corrected chi connectivity index (χ3v) is 3.12. The van der Waals surface area contributed by atoms with Crippen LogP contribution in [-0.4, -0.2) is 0 Å². The third kappa shape index (κ3) is 1.54. The predicted octanol–water partition coefficient (Wildman–Crippen LogP) is 3.14. The van der Waals surface area contributed by atoms with E-state index in [0.29, 0.717) is 5.56 Å². The number of rotatable bonds is 0. The summed E-state index contributed by atoms with van der Waals surface area (Å²) in [6.07, 6.45) is 0. The van der Waals surface area contributed by atoms with Gasteiger partial charge in [0, 0.05) is 0 Å². The third-order valence-electron chi connectivity index (χ3n) is 0.777. The van der Waals surface area contributed by atoms with Crippen LogP contribution in [0.15, 0.2) is 13.6 Å². The van der Waals surface area contributed by atoms with Crippen molar-refractivity contribution < 1.29 is 0 Å². The van der Waals surface area contributed by atoms with Gasteiger partial charge in [0.05, 0.1) is 13.1 Å². The van der Waals surface area contributed by atoms with E-state index >= 15 is 0 Å². The minimum absolute atomic E-state index is 0.687. The van der Waals surface area contributed by atoms with Gasteiger partial charge in [0.2, 0.25) is 0 Å². The van der Waals surface area contributed by atoms with Gasteiger partial charge in [-0.15, -0.1) is 11.3 Å². The topological polar surface area (TPSA) is 23.8 Å². The zero-order chi connectivity index (χ0) is 6.85. The van der Waals surface area contributed by atoms with E-state index in [0.717, 1.165) is 7.57 Å². The monoisotopic (exact) mass is 265 g/mol. The fraction of sp³-hybridized carbons (Fsp3) is 0. The van der Waals surface area contributed by atoms with Crippen LogP contribution in [0.1, 0.15) is 5.56 Å². The largest absolute Gasteiger partial charge is 0.192 e. The average molecular weight is 267 g/mol. The highest BCUT2D eigenvalue weighted by Gasteiger charge is 2.01. The molecule has 0 bridgehead atoms. The fourth-order valence-corrected chi connectivity index (χ4v) is 3.07. The molecule has 0 atom stereocenters. The molecular formula is C5HBr2NS. The maximum atomic E-state index is 8.44. The van der Waals surface area contributed by atoms with Gasteiger partial charge >= 0.3 is 0 Å². The van der Waals surface area contributed by atoms with Crippen LogP contribution >= 0.6 is 43.2 Å². The fourth-order valence-electron chi connectivity index (χ4n) is 0.416. The molecule has 1 aromatic rings. The molecule has 0 aliphatic rings. The summed E-state index contributed by atoms with van der Waals surface area (Å²) in [6.45, 7) is 0. The molecule has 0 saturated heterocycles. The van der Waals surface area contributed by atoms with Crippen molar-refractivity contribution >= 4 is 43.2 Å². The molecule has 0 saturated carbocycles. The van der Waals surface area contributed by atoms with Crippen LogP contribution in [0.2, 0.25) is 0 Å². The molecule has 0 spiro atoms. The number of hydrogen-bond donors (Lipinski definition) is 0. The molecule has 0 aromatic carbocycles. The first-order valence-electron chi connectivity index (χ1n) is 2.09. The van der Waals surface area contributed by atoms with E-state index in [2.05, 4.69) is 31.9 Å². The minimum atomic E-state index is 0.687. The van der Waals surface area contributed by atoms with Crippen molar-refractivity contribution in [2.45, 2.75) is 0 Å². The first-order chi connectivity index (χ1) is 4.24. The summed E-state index contributed by atoms with van der Waals surface area (Å²) in [6, 6.07) is 3.84. The number of nitriles is 1. The zero-order valence-electron chi connectivity index (χ0n) is 4.19. The molecule has 0 N–H and O–H groups in total. The summed E-state index contributed by atoms with van der Waals surface area (Å²) < 4.78 is 1.86. The highest BCUT2D eigenvalue weighted by Crippen LogP contribution is 2.30. The van der Waals surface area contributed by atoms with Crippen molar-refractivity contribution in [3.8, 4) is 6.07 Å². The van der Waals surface area contributed by atoms with Gasteiger partial charge in [-0.3, -0.25) is 0 Å². The molecule has 0 aliphatic heterocycles. The van der Waals surface area contributed by atoms with E-state index in [1.807, 2.05) is 6.07 Å². The van der Waals surface area contributed by atoms with Crippen LogP contribution < -0.4 is 0 Å². The van der Waals surface area contributed by atoms with Crippen LogP contribution in [0.5, 0.6) is 0 Å². The Morgan fingerprint density at radius 2 is 2.22 bits per heavy atom. The van der Waals surface area contributed by atoms with Crippen LogP contribution in [0.4, 0.5) is 0 Å². The van der Waals surface area contributed by atoms with Crippen LogP contribution in [0, 0.1) is 11.3 Å². The minimum Gasteiger partial charge on any atom is -0.192 e. The SMILES string of the molecule is N#Cc1cc(Br)sc1Br. The quantitative estimate of drug-likeness (QED) is 0.708. The molecule has 9 heavy (non-hydrogen) atoms. The van der Waals surface area contributed by atoms with E-state index in [9.17, 15) is 0 Å². The molecule has 0 fully saturated rings. The van der Waals surface area contributed by atoms with Crippen LogP contribution in [0.3, 0.4) is 0 Å². The van der Waals surface area contributed by atoms with E-state index in [-0.39, 0.29) is 0 Å². The Labute approximate surface area is 73.6 Å². The maximum absolute atomic E-state index is 8.44. The van der Waals surface area contributed by atoms with Crippen molar-refractivity contribution in [1.29, 1.82) is 5.26 Å². The van der Waals surface area contributed by atoms with Gasteiger partial charge < -0.3 is 0 Å².